The number of rotatable bonds is 5. The molecule has 1 aromatic rings. The van der Waals surface area contributed by atoms with Crippen LogP contribution >= 0.6 is 0 Å². The number of hydrogen-bond donors (Lipinski definition) is 4. The Morgan fingerprint density at radius 3 is 2.42 bits per heavy atom. The van der Waals surface area contributed by atoms with Gasteiger partial charge in [0.25, 0.3) is 0 Å². The Morgan fingerprint density at radius 2 is 1.92 bits per heavy atom. The molecule has 4 N–H and O–H groups in total. The Hall–Kier alpha value is -1.99. The third-order valence-corrected chi connectivity index (χ3v) is 4.32. The van der Waals surface area contributed by atoms with Crippen molar-refractivity contribution in [2.75, 3.05) is 6.54 Å². The van der Waals surface area contributed by atoms with Gasteiger partial charge in [-0.15, -0.1) is 0 Å². The third-order valence-electron chi connectivity index (χ3n) is 4.32. The van der Waals surface area contributed by atoms with Crippen LogP contribution in [0.25, 0.3) is 0 Å². The Labute approximate surface area is 140 Å². The normalized spacial score (nSPS) is 22.2. The van der Waals surface area contributed by atoms with Crippen molar-refractivity contribution < 1.29 is 19.1 Å². The van der Waals surface area contributed by atoms with Crippen LogP contribution in [0.4, 0.5) is 4.39 Å². The van der Waals surface area contributed by atoms with E-state index in [2.05, 4.69) is 36.9 Å². The first-order valence-electron chi connectivity index (χ1n) is 7.95. The first-order valence-corrected chi connectivity index (χ1v) is 7.95. The molecule has 3 unspecified atom stereocenters. The number of carboxylic acids is 1. The molecule has 1 aliphatic heterocycles. The molecule has 1 aromatic carbocycles. The first-order chi connectivity index (χ1) is 11.2. The predicted molar refractivity (Wildman–Crippen MR) is 87.7 cm³/mol. The number of carbonyl (C=O) groups is 2. The highest BCUT2D eigenvalue weighted by Gasteiger charge is 2.36. The van der Waals surface area contributed by atoms with Gasteiger partial charge in [-0.25, -0.2) is 9.82 Å². The van der Waals surface area contributed by atoms with Crippen LogP contribution in [-0.4, -0.2) is 35.6 Å². The fraction of sp³-hybridized carbons (Fsp3) is 0.529. The zero-order chi connectivity index (χ0) is 17.9. The molecule has 6 nitrogen and oxygen atoms in total. The number of hydrogen-bond acceptors (Lipinski definition) is 4. The predicted octanol–water partition coefficient (Wildman–Crippen LogP) is 1.39. The van der Waals surface area contributed by atoms with E-state index in [1.54, 1.807) is 0 Å². The van der Waals surface area contributed by atoms with Crippen LogP contribution in [0, 0.1) is 11.2 Å². The summed E-state index contributed by atoms with van der Waals surface area (Å²) in [6.07, 6.45) is 0.629. The average molecular weight is 337 g/mol. The summed E-state index contributed by atoms with van der Waals surface area (Å²) in [5.41, 5.74) is 6.53. The van der Waals surface area contributed by atoms with E-state index in [1.807, 2.05) is 0 Å². The molecule has 0 bridgehead atoms. The van der Waals surface area contributed by atoms with Gasteiger partial charge in [-0.2, -0.15) is 0 Å². The number of halogens is 1. The zero-order valence-electron chi connectivity index (χ0n) is 14.1. The van der Waals surface area contributed by atoms with E-state index < -0.39 is 23.7 Å². The fourth-order valence-electron chi connectivity index (χ4n) is 2.67. The minimum Gasteiger partial charge on any atom is -0.481 e. The summed E-state index contributed by atoms with van der Waals surface area (Å²) in [6, 6.07) is 5.02. The summed E-state index contributed by atoms with van der Waals surface area (Å²) >= 11 is 0. The second kappa shape index (κ2) is 7.27. The summed E-state index contributed by atoms with van der Waals surface area (Å²) in [7, 11) is 0. The molecule has 0 aliphatic carbocycles. The topological polar surface area (TPSA) is 90.5 Å². The lowest BCUT2D eigenvalue weighted by atomic mass is 9.84. The fourth-order valence-corrected chi connectivity index (χ4v) is 2.67. The number of benzene rings is 1. The maximum atomic E-state index is 13.0. The van der Waals surface area contributed by atoms with E-state index in [4.69, 9.17) is 0 Å². The van der Waals surface area contributed by atoms with Crippen molar-refractivity contribution in [3.63, 3.8) is 0 Å². The highest BCUT2D eigenvalue weighted by atomic mass is 19.1. The van der Waals surface area contributed by atoms with Crippen molar-refractivity contribution in [3.05, 3.63) is 35.6 Å². The molecule has 24 heavy (non-hydrogen) atoms. The molecular weight excluding hydrogens is 313 g/mol. The molecule has 1 saturated heterocycles. The zero-order valence-corrected chi connectivity index (χ0v) is 14.1. The van der Waals surface area contributed by atoms with Crippen LogP contribution < -0.4 is 16.2 Å². The number of carboxylic acid groups (broad SMARTS) is 1. The van der Waals surface area contributed by atoms with Crippen LogP contribution in [0.1, 0.15) is 38.7 Å². The summed E-state index contributed by atoms with van der Waals surface area (Å²) in [5.74, 6) is -2.65. The van der Waals surface area contributed by atoms with Crippen molar-refractivity contribution in [2.45, 2.75) is 45.2 Å². The van der Waals surface area contributed by atoms with Crippen molar-refractivity contribution in [3.8, 4) is 0 Å². The van der Waals surface area contributed by atoms with E-state index in [1.165, 1.54) is 24.3 Å². The molecule has 1 fully saturated rings. The van der Waals surface area contributed by atoms with Gasteiger partial charge in [-0.3, -0.25) is 15.0 Å². The molecule has 0 aromatic heterocycles. The summed E-state index contributed by atoms with van der Waals surface area (Å²) in [5, 5.41) is 12.0. The highest BCUT2D eigenvalue weighted by Crippen LogP contribution is 2.25. The van der Waals surface area contributed by atoms with Crippen LogP contribution in [0.15, 0.2) is 24.3 Å². The Bertz CT molecular complexity index is 598. The highest BCUT2D eigenvalue weighted by molar-refractivity contribution is 5.83. The van der Waals surface area contributed by atoms with Crippen molar-refractivity contribution in [1.29, 1.82) is 0 Å². The molecule has 132 valence electrons. The molecule has 1 aliphatic rings. The largest absolute Gasteiger partial charge is 0.481 e. The molecular formula is C17H24FN3O3. The molecule has 1 heterocycles. The molecule has 2 rings (SSSR count). The van der Waals surface area contributed by atoms with E-state index in [0.717, 1.165) is 0 Å². The molecule has 0 spiro atoms. The average Bonchev–Trinajstić information content (AvgIpc) is 2.99. The van der Waals surface area contributed by atoms with Crippen molar-refractivity contribution in [2.24, 2.45) is 5.41 Å². The quantitative estimate of drug-likeness (QED) is 0.652. The van der Waals surface area contributed by atoms with Gasteiger partial charge in [0.2, 0.25) is 5.91 Å². The molecule has 1 amide bonds. The minimum absolute atomic E-state index is 0.0136. The molecule has 0 radical (unpaired) electrons. The van der Waals surface area contributed by atoms with Gasteiger partial charge < -0.3 is 10.4 Å². The Morgan fingerprint density at radius 1 is 1.29 bits per heavy atom. The maximum Gasteiger partial charge on any atom is 0.312 e. The van der Waals surface area contributed by atoms with Gasteiger partial charge in [0.1, 0.15) is 11.9 Å². The van der Waals surface area contributed by atoms with Crippen LogP contribution in [-0.2, 0) is 9.59 Å². The minimum atomic E-state index is -1.06. The molecule has 3 atom stereocenters. The lowest BCUT2D eigenvalue weighted by Gasteiger charge is -2.25. The number of aliphatic carboxylic acids is 1. The van der Waals surface area contributed by atoms with Gasteiger partial charge in [0.15, 0.2) is 0 Å². The second-order valence-corrected chi connectivity index (χ2v) is 7.18. The number of carbonyl (C=O) groups excluding carboxylic acids is 1. The number of hydrazine groups is 1. The third kappa shape index (κ3) is 4.52. The van der Waals surface area contributed by atoms with Gasteiger partial charge in [0.05, 0.1) is 5.92 Å². The van der Waals surface area contributed by atoms with E-state index in [-0.39, 0.29) is 23.9 Å². The SMILES string of the molecule is CC(C)(C)C1CC(C(=O)NCC(C(=O)O)c2ccc(F)cc2)NN1. The maximum absolute atomic E-state index is 13.0. The smallest absolute Gasteiger partial charge is 0.312 e. The number of nitrogens with one attached hydrogen (secondary N) is 3. The lowest BCUT2D eigenvalue weighted by Crippen LogP contribution is -2.45. The van der Waals surface area contributed by atoms with E-state index in [9.17, 15) is 19.1 Å². The summed E-state index contributed by atoms with van der Waals surface area (Å²) in [4.78, 5) is 23.7. The van der Waals surface area contributed by atoms with Crippen LogP contribution in [0.3, 0.4) is 0 Å². The monoisotopic (exact) mass is 337 g/mol. The van der Waals surface area contributed by atoms with Crippen molar-refractivity contribution >= 4 is 11.9 Å². The van der Waals surface area contributed by atoms with E-state index in [0.29, 0.717) is 12.0 Å². The Balaban J connectivity index is 1.94. The molecule has 7 heteroatoms. The standard InChI is InChI=1S/C17H24FN3O3/c1-17(2,3)14-8-13(20-21-14)15(22)19-9-12(16(23)24)10-4-6-11(18)7-5-10/h4-7,12-14,20-21H,8-9H2,1-3H3,(H,19,22)(H,23,24). The van der Waals surface area contributed by atoms with Gasteiger partial charge >= 0.3 is 5.97 Å². The lowest BCUT2D eigenvalue weighted by molar-refractivity contribution is -0.138. The Kier molecular flexibility index (Phi) is 5.56. The first kappa shape index (κ1) is 18.4. The molecule has 0 saturated carbocycles. The van der Waals surface area contributed by atoms with Gasteiger partial charge in [-0.1, -0.05) is 32.9 Å². The van der Waals surface area contributed by atoms with Crippen LogP contribution in [0.2, 0.25) is 0 Å². The van der Waals surface area contributed by atoms with Gasteiger partial charge in [-0.05, 0) is 29.5 Å². The van der Waals surface area contributed by atoms with Crippen molar-refractivity contribution in [1.82, 2.24) is 16.2 Å². The number of amides is 1. The second-order valence-electron chi connectivity index (χ2n) is 7.18. The summed E-state index contributed by atoms with van der Waals surface area (Å²) in [6.45, 7) is 6.21. The van der Waals surface area contributed by atoms with Gasteiger partial charge in [0, 0.05) is 12.6 Å². The van der Waals surface area contributed by atoms with Crippen LogP contribution in [0.5, 0.6) is 0 Å². The van der Waals surface area contributed by atoms with E-state index >= 15 is 0 Å². The summed E-state index contributed by atoms with van der Waals surface area (Å²) < 4.78 is 13.0.